The Balaban J connectivity index is 2.32. The lowest BCUT2D eigenvalue weighted by Gasteiger charge is -2.12. The van der Waals surface area contributed by atoms with E-state index in [1.165, 1.54) is 0 Å². The first kappa shape index (κ1) is 13.4. The van der Waals surface area contributed by atoms with Gasteiger partial charge in [0.1, 0.15) is 0 Å². The number of hydrogen-bond acceptors (Lipinski definition) is 5. The molecule has 0 atom stereocenters. The number of methoxy groups -OCH3 is 2. The highest BCUT2D eigenvalue weighted by Crippen LogP contribution is 2.39. The van der Waals surface area contributed by atoms with Gasteiger partial charge in [0, 0.05) is 27.2 Å². The van der Waals surface area contributed by atoms with Crippen LogP contribution in [0.25, 0.3) is 0 Å². The summed E-state index contributed by atoms with van der Waals surface area (Å²) < 4.78 is 10.5. The van der Waals surface area contributed by atoms with Crippen LogP contribution in [-0.4, -0.2) is 14.2 Å². The molecule has 0 saturated heterocycles. The Morgan fingerprint density at radius 1 is 0.895 bits per heavy atom. The number of nitrogens with two attached hydrogens (primary N) is 2. The average molecular weight is 276 g/mol. The summed E-state index contributed by atoms with van der Waals surface area (Å²) in [6, 6.07) is 11.3. The SMILES string of the molecule is COc1cc(N)c(Sc2ccc(N)cc2)cc1OC. The first-order valence-corrected chi connectivity index (χ1v) is 6.50. The average Bonchev–Trinajstić information content (AvgIpc) is 2.43. The third-order valence-corrected chi connectivity index (χ3v) is 3.71. The summed E-state index contributed by atoms with van der Waals surface area (Å²) in [7, 11) is 3.19. The number of rotatable bonds is 4. The summed E-state index contributed by atoms with van der Waals surface area (Å²) in [6.45, 7) is 0. The van der Waals surface area contributed by atoms with Crippen LogP contribution in [0.5, 0.6) is 11.5 Å². The van der Waals surface area contributed by atoms with E-state index in [4.69, 9.17) is 20.9 Å². The van der Waals surface area contributed by atoms with Gasteiger partial charge in [-0.25, -0.2) is 0 Å². The molecule has 4 N–H and O–H groups in total. The molecule has 0 fully saturated rings. The van der Waals surface area contributed by atoms with E-state index >= 15 is 0 Å². The van der Waals surface area contributed by atoms with E-state index in [1.54, 1.807) is 32.0 Å². The highest BCUT2D eigenvalue weighted by Gasteiger charge is 2.10. The molecule has 0 aromatic heterocycles. The maximum absolute atomic E-state index is 6.02. The van der Waals surface area contributed by atoms with Crippen molar-refractivity contribution in [3.63, 3.8) is 0 Å². The molecule has 0 spiro atoms. The minimum Gasteiger partial charge on any atom is -0.493 e. The van der Waals surface area contributed by atoms with Gasteiger partial charge in [0.15, 0.2) is 11.5 Å². The smallest absolute Gasteiger partial charge is 0.162 e. The fourth-order valence-corrected chi connectivity index (χ4v) is 2.50. The Bertz CT molecular complexity index is 570. The predicted octanol–water partition coefficient (Wildman–Crippen LogP) is 3.02. The largest absolute Gasteiger partial charge is 0.493 e. The van der Waals surface area contributed by atoms with Gasteiger partial charge >= 0.3 is 0 Å². The Kier molecular flexibility index (Phi) is 4.06. The summed E-state index contributed by atoms with van der Waals surface area (Å²) in [5, 5.41) is 0. The molecule has 2 aromatic carbocycles. The molecule has 4 nitrogen and oxygen atoms in total. The first-order chi connectivity index (χ1) is 9.13. The molecule has 2 aromatic rings. The first-order valence-electron chi connectivity index (χ1n) is 5.69. The Morgan fingerprint density at radius 3 is 2.05 bits per heavy atom. The van der Waals surface area contributed by atoms with Crippen LogP contribution in [0.2, 0.25) is 0 Å². The number of anilines is 2. The van der Waals surface area contributed by atoms with E-state index in [2.05, 4.69) is 0 Å². The van der Waals surface area contributed by atoms with Gasteiger partial charge in [-0.2, -0.15) is 0 Å². The zero-order valence-electron chi connectivity index (χ0n) is 10.8. The minimum atomic E-state index is 0.627. The van der Waals surface area contributed by atoms with Crippen molar-refractivity contribution < 1.29 is 9.47 Å². The van der Waals surface area contributed by atoms with E-state index in [0.29, 0.717) is 17.2 Å². The Labute approximate surface area is 116 Å². The molecule has 19 heavy (non-hydrogen) atoms. The van der Waals surface area contributed by atoms with Crippen molar-refractivity contribution >= 4 is 23.1 Å². The second kappa shape index (κ2) is 5.75. The van der Waals surface area contributed by atoms with Crippen LogP contribution in [0, 0.1) is 0 Å². The lowest BCUT2D eigenvalue weighted by atomic mass is 10.3. The molecule has 0 saturated carbocycles. The maximum atomic E-state index is 6.02. The Morgan fingerprint density at radius 2 is 1.47 bits per heavy atom. The molecule has 100 valence electrons. The lowest BCUT2D eigenvalue weighted by molar-refractivity contribution is 0.354. The van der Waals surface area contributed by atoms with Crippen molar-refractivity contribution in [2.45, 2.75) is 9.79 Å². The molecule has 0 aliphatic rings. The normalized spacial score (nSPS) is 10.2. The maximum Gasteiger partial charge on any atom is 0.162 e. The number of ether oxygens (including phenoxy) is 2. The van der Waals surface area contributed by atoms with E-state index in [-0.39, 0.29) is 0 Å². The predicted molar refractivity (Wildman–Crippen MR) is 78.9 cm³/mol. The standard InChI is InChI=1S/C14H16N2O2S/c1-17-12-7-11(16)14(8-13(12)18-2)19-10-5-3-9(15)4-6-10/h3-8H,15-16H2,1-2H3. The molecule has 2 rings (SSSR count). The van der Waals surface area contributed by atoms with E-state index < -0.39 is 0 Å². The van der Waals surface area contributed by atoms with Crippen molar-refractivity contribution in [3.05, 3.63) is 36.4 Å². The number of hydrogen-bond donors (Lipinski definition) is 2. The summed E-state index contributed by atoms with van der Waals surface area (Å²) in [5.41, 5.74) is 13.1. The lowest BCUT2D eigenvalue weighted by Crippen LogP contribution is -1.95. The molecule has 0 radical (unpaired) electrons. The summed E-state index contributed by atoms with van der Waals surface area (Å²) in [5.74, 6) is 1.29. The van der Waals surface area contributed by atoms with Crippen LogP contribution in [-0.2, 0) is 0 Å². The van der Waals surface area contributed by atoms with Crippen LogP contribution >= 0.6 is 11.8 Å². The van der Waals surface area contributed by atoms with Crippen molar-refractivity contribution in [1.82, 2.24) is 0 Å². The van der Waals surface area contributed by atoms with Gasteiger partial charge in [-0.1, -0.05) is 11.8 Å². The molecule has 0 aliphatic carbocycles. The minimum absolute atomic E-state index is 0.627. The van der Waals surface area contributed by atoms with Crippen molar-refractivity contribution in [1.29, 1.82) is 0 Å². The molecule has 0 amide bonds. The summed E-state index contributed by atoms with van der Waals surface area (Å²) >= 11 is 1.56. The highest BCUT2D eigenvalue weighted by atomic mass is 32.2. The Hall–Kier alpha value is -2.01. The summed E-state index contributed by atoms with van der Waals surface area (Å²) in [4.78, 5) is 1.98. The molecular formula is C14H16N2O2S. The van der Waals surface area contributed by atoms with Crippen LogP contribution in [0.1, 0.15) is 0 Å². The molecular weight excluding hydrogens is 260 g/mol. The second-order valence-corrected chi connectivity index (χ2v) is 5.03. The second-order valence-electron chi connectivity index (χ2n) is 3.92. The third-order valence-electron chi connectivity index (χ3n) is 2.62. The van der Waals surface area contributed by atoms with E-state index in [0.717, 1.165) is 15.5 Å². The van der Waals surface area contributed by atoms with Crippen molar-refractivity contribution in [3.8, 4) is 11.5 Å². The zero-order chi connectivity index (χ0) is 13.8. The van der Waals surface area contributed by atoms with Crippen LogP contribution in [0.4, 0.5) is 11.4 Å². The van der Waals surface area contributed by atoms with E-state index in [1.807, 2.05) is 30.3 Å². The summed E-state index contributed by atoms with van der Waals surface area (Å²) in [6.07, 6.45) is 0. The molecule has 0 heterocycles. The van der Waals surface area contributed by atoms with Crippen molar-refractivity contribution in [2.24, 2.45) is 0 Å². The topological polar surface area (TPSA) is 70.5 Å². The molecule has 0 bridgehead atoms. The third kappa shape index (κ3) is 3.06. The van der Waals surface area contributed by atoms with Gasteiger partial charge < -0.3 is 20.9 Å². The quantitative estimate of drug-likeness (QED) is 0.840. The van der Waals surface area contributed by atoms with Gasteiger partial charge in [0.05, 0.1) is 14.2 Å². The van der Waals surface area contributed by atoms with Crippen LogP contribution in [0.15, 0.2) is 46.2 Å². The zero-order valence-corrected chi connectivity index (χ0v) is 11.7. The number of benzene rings is 2. The number of nitrogen functional groups attached to an aromatic ring is 2. The van der Waals surface area contributed by atoms with Gasteiger partial charge in [0.25, 0.3) is 0 Å². The molecule has 5 heteroatoms. The molecule has 0 aliphatic heterocycles. The van der Waals surface area contributed by atoms with Crippen LogP contribution < -0.4 is 20.9 Å². The molecule has 0 unspecified atom stereocenters. The van der Waals surface area contributed by atoms with Gasteiger partial charge in [-0.05, 0) is 30.3 Å². The van der Waals surface area contributed by atoms with Crippen molar-refractivity contribution in [2.75, 3.05) is 25.7 Å². The fourth-order valence-electron chi connectivity index (χ4n) is 1.63. The van der Waals surface area contributed by atoms with Gasteiger partial charge in [-0.15, -0.1) is 0 Å². The van der Waals surface area contributed by atoms with Gasteiger partial charge in [-0.3, -0.25) is 0 Å². The highest BCUT2D eigenvalue weighted by molar-refractivity contribution is 7.99. The fraction of sp³-hybridized carbons (Fsp3) is 0.143. The van der Waals surface area contributed by atoms with E-state index in [9.17, 15) is 0 Å². The van der Waals surface area contributed by atoms with Crippen LogP contribution in [0.3, 0.4) is 0 Å². The monoisotopic (exact) mass is 276 g/mol. The van der Waals surface area contributed by atoms with Gasteiger partial charge in [0.2, 0.25) is 0 Å².